The molecule has 0 saturated carbocycles. The first-order valence-corrected chi connectivity index (χ1v) is 7.41. The maximum atomic E-state index is 12.8. The van der Waals surface area contributed by atoms with Gasteiger partial charge in [-0.05, 0) is 38.8 Å². The molecule has 1 aliphatic carbocycles. The molecule has 0 amide bonds. The van der Waals surface area contributed by atoms with Gasteiger partial charge in [0.05, 0.1) is 19.6 Å². The van der Waals surface area contributed by atoms with Gasteiger partial charge in [0.15, 0.2) is 5.78 Å². The van der Waals surface area contributed by atoms with E-state index >= 15 is 0 Å². The number of esters is 2. The average molecular weight is 304 g/mol. The lowest BCUT2D eigenvalue weighted by Gasteiger charge is -2.23. The minimum Gasteiger partial charge on any atom is -0.466 e. The lowest BCUT2D eigenvalue weighted by molar-refractivity contribution is -0.158. The molecular formula is C17H20O5. The molecule has 0 saturated heterocycles. The molecule has 0 bridgehead atoms. The summed E-state index contributed by atoms with van der Waals surface area (Å²) in [6.07, 6.45) is -0.106. The van der Waals surface area contributed by atoms with Gasteiger partial charge in [0, 0.05) is 5.56 Å². The summed E-state index contributed by atoms with van der Waals surface area (Å²) in [6.45, 7) is 5.60. The summed E-state index contributed by atoms with van der Waals surface area (Å²) in [7, 11) is 0. The number of aryl methyl sites for hydroxylation is 1. The number of carbonyl (C=O) groups is 3. The highest BCUT2D eigenvalue weighted by Crippen LogP contribution is 2.41. The van der Waals surface area contributed by atoms with E-state index in [0.29, 0.717) is 5.56 Å². The summed E-state index contributed by atoms with van der Waals surface area (Å²) in [4.78, 5) is 37.1. The van der Waals surface area contributed by atoms with Crippen LogP contribution in [0.25, 0.3) is 0 Å². The Morgan fingerprint density at radius 3 is 2.50 bits per heavy atom. The summed E-state index contributed by atoms with van der Waals surface area (Å²) < 4.78 is 10.0. The Bertz CT molecular complexity index is 619. The summed E-state index contributed by atoms with van der Waals surface area (Å²) in [6, 6.07) is 5.47. The summed E-state index contributed by atoms with van der Waals surface area (Å²) in [5.41, 5.74) is 0.714. The molecule has 0 N–H and O–H groups in total. The van der Waals surface area contributed by atoms with Crippen LogP contribution in [0.15, 0.2) is 18.2 Å². The molecule has 0 aromatic heterocycles. The lowest BCUT2D eigenvalue weighted by atomic mass is 9.80. The van der Waals surface area contributed by atoms with Crippen molar-refractivity contribution in [3.63, 3.8) is 0 Å². The quantitative estimate of drug-likeness (QED) is 0.616. The van der Waals surface area contributed by atoms with Gasteiger partial charge in [0.2, 0.25) is 0 Å². The molecule has 0 aliphatic heterocycles. The monoisotopic (exact) mass is 304 g/mol. The van der Waals surface area contributed by atoms with Crippen LogP contribution in [0.5, 0.6) is 0 Å². The van der Waals surface area contributed by atoms with E-state index in [9.17, 15) is 14.4 Å². The second-order valence-corrected chi connectivity index (χ2v) is 5.45. The first kappa shape index (κ1) is 16.2. The van der Waals surface area contributed by atoms with Crippen LogP contribution < -0.4 is 0 Å². The molecule has 2 rings (SSSR count). The van der Waals surface area contributed by atoms with Gasteiger partial charge < -0.3 is 9.47 Å². The lowest BCUT2D eigenvalue weighted by Crippen LogP contribution is -2.41. The van der Waals surface area contributed by atoms with Crippen molar-refractivity contribution in [2.75, 3.05) is 13.2 Å². The highest BCUT2D eigenvalue weighted by Gasteiger charge is 2.54. The van der Waals surface area contributed by atoms with Crippen molar-refractivity contribution in [3.05, 3.63) is 34.9 Å². The maximum absolute atomic E-state index is 12.8. The summed E-state index contributed by atoms with van der Waals surface area (Å²) in [5, 5.41) is 0. The van der Waals surface area contributed by atoms with Gasteiger partial charge in [0.25, 0.3) is 0 Å². The van der Waals surface area contributed by atoms with Crippen LogP contribution in [0, 0.1) is 12.3 Å². The second kappa shape index (κ2) is 6.30. The first-order chi connectivity index (χ1) is 10.4. The molecule has 22 heavy (non-hydrogen) atoms. The third-order valence-corrected chi connectivity index (χ3v) is 3.85. The van der Waals surface area contributed by atoms with Gasteiger partial charge in [-0.2, -0.15) is 0 Å². The zero-order valence-corrected chi connectivity index (χ0v) is 13.1. The van der Waals surface area contributed by atoms with Crippen molar-refractivity contribution >= 4 is 17.7 Å². The molecule has 0 heterocycles. The zero-order chi connectivity index (χ0) is 16.3. The summed E-state index contributed by atoms with van der Waals surface area (Å²) >= 11 is 0. The molecule has 1 aliphatic rings. The van der Waals surface area contributed by atoms with Crippen molar-refractivity contribution in [2.45, 2.75) is 33.6 Å². The van der Waals surface area contributed by atoms with Gasteiger partial charge >= 0.3 is 11.9 Å². The fourth-order valence-electron chi connectivity index (χ4n) is 2.83. The summed E-state index contributed by atoms with van der Waals surface area (Å²) in [5.74, 6) is -1.56. The van der Waals surface area contributed by atoms with Crippen LogP contribution in [-0.2, 0) is 25.5 Å². The van der Waals surface area contributed by atoms with E-state index in [2.05, 4.69) is 0 Å². The van der Waals surface area contributed by atoms with Crippen molar-refractivity contribution in [2.24, 2.45) is 5.41 Å². The van der Waals surface area contributed by atoms with Crippen LogP contribution in [0.3, 0.4) is 0 Å². The maximum Gasteiger partial charge on any atom is 0.320 e. The Kier molecular flexibility index (Phi) is 4.64. The topological polar surface area (TPSA) is 69.7 Å². The van der Waals surface area contributed by atoms with Gasteiger partial charge in [-0.1, -0.05) is 17.7 Å². The first-order valence-electron chi connectivity index (χ1n) is 7.41. The fourth-order valence-corrected chi connectivity index (χ4v) is 2.83. The molecule has 1 atom stereocenters. The number of hydrogen-bond donors (Lipinski definition) is 0. The van der Waals surface area contributed by atoms with Crippen molar-refractivity contribution in [3.8, 4) is 0 Å². The molecule has 1 unspecified atom stereocenters. The van der Waals surface area contributed by atoms with Crippen LogP contribution in [-0.4, -0.2) is 30.9 Å². The number of rotatable bonds is 5. The van der Waals surface area contributed by atoms with Crippen molar-refractivity contribution in [1.82, 2.24) is 0 Å². The third-order valence-electron chi connectivity index (χ3n) is 3.85. The minimum absolute atomic E-state index is 0.159. The molecule has 5 nitrogen and oxygen atoms in total. The van der Waals surface area contributed by atoms with E-state index in [0.717, 1.165) is 11.1 Å². The van der Waals surface area contributed by atoms with E-state index < -0.39 is 17.4 Å². The predicted octanol–water partition coefficient (Wildman–Crippen LogP) is 2.24. The Balaban J connectivity index is 2.41. The van der Waals surface area contributed by atoms with Crippen molar-refractivity contribution < 1.29 is 23.9 Å². The fraction of sp³-hybridized carbons (Fsp3) is 0.471. The number of fused-ring (bicyclic) bond motifs is 1. The van der Waals surface area contributed by atoms with Gasteiger partial charge in [-0.15, -0.1) is 0 Å². The Hall–Kier alpha value is -2.17. The second-order valence-electron chi connectivity index (χ2n) is 5.45. The molecule has 0 fully saturated rings. The van der Waals surface area contributed by atoms with E-state index in [1.165, 1.54) is 0 Å². The van der Waals surface area contributed by atoms with E-state index in [1.807, 2.05) is 19.1 Å². The predicted molar refractivity (Wildman–Crippen MR) is 79.5 cm³/mol. The number of benzene rings is 1. The minimum atomic E-state index is -1.49. The highest BCUT2D eigenvalue weighted by atomic mass is 16.5. The standard InChI is InChI=1S/C17H20O5/c1-4-21-14(18)10-17(16(20)22-5-2)9-12-7-6-11(3)8-13(12)15(17)19/h6-8H,4-5,9-10H2,1-3H3. The molecule has 1 aromatic carbocycles. The number of ether oxygens (including phenoxy) is 2. The average Bonchev–Trinajstić information content (AvgIpc) is 2.73. The molecule has 5 heteroatoms. The van der Waals surface area contributed by atoms with Crippen LogP contribution in [0.4, 0.5) is 0 Å². The number of hydrogen-bond acceptors (Lipinski definition) is 5. The van der Waals surface area contributed by atoms with Crippen molar-refractivity contribution in [1.29, 1.82) is 0 Å². The van der Waals surface area contributed by atoms with E-state index in [4.69, 9.17) is 9.47 Å². The van der Waals surface area contributed by atoms with E-state index in [-0.39, 0.29) is 31.8 Å². The SMILES string of the molecule is CCOC(=O)CC1(C(=O)OCC)Cc2ccc(C)cc2C1=O. The largest absolute Gasteiger partial charge is 0.466 e. The highest BCUT2D eigenvalue weighted by molar-refractivity contribution is 6.17. The number of Topliss-reactive ketones (excluding diaryl/α,β-unsaturated/α-hetero) is 1. The molecule has 0 spiro atoms. The van der Waals surface area contributed by atoms with Gasteiger partial charge in [-0.3, -0.25) is 14.4 Å². The Labute approximate surface area is 129 Å². The van der Waals surface area contributed by atoms with Crippen LogP contribution in [0.1, 0.15) is 41.8 Å². The smallest absolute Gasteiger partial charge is 0.320 e. The Morgan fingerprint density at radius 2 is 1.86 bits per heavy atom. The third kappa shape index (κ3) is 2.75. The van der Waals surface area contributed by atoms with E-state index in [1.54, 1.807) is 19.9 Å². The molecule has 118 valence electrons. The molecule has 0 radical (unpaired) electrons. The van der Waals surface area contributed by atoms with Gasteiger partial charge in [-0.25, -0.2) is 0 Å². The normalized spacial score (nSPS) is 19.7. The molecule has 1 aromatic rings. The number of carbonyl (C=O) groups excluding carboxylic acids is 3. The Morgan fingerprint density at radius 1 is 1.18 bits per heavy atom. The zero-order valence-electron chi connectivity index (χ0n) is 13.1. The molecular weight excluding hydrogens is 284 g/mol. The van der Waals surface area contributed by atoms with Crippen LogP contribution >= 0.6 is 0 Å². The van der Waals surface area contributed by atoms with Crippen LogP contribution in [0.2, 0.25) is 0 Å². The number of ketones is 1. The van der Waals surface area contributed by atoms with Gasteiger partial charge in [0.1, 0.15) is 5.41 Å².